The Hall–Kier alpha value is -2.17. The molecule has 1 aromatic carbocycles. The van der Waals surface area contributed by atoms with Crippen molar-refractivity contribution in [2.75, 3.05) is 13.1 Å². The number of hydrogen-bond donors (Lipinski definition) is 1. The second-order valence-corrected chi connectivity index (χ2v) is 6.41. The zero-order valence-corrected chi connectivity index (χ0v) is 14.3. The van der Waals surface area contributed by atoms with Crippen molar-refractivity contribution in [3.8, 4) is 0 Å². The standard InChI is InChI=1S/C19H26N2O3/c1-15(22)7-9-18(23)20-17-11-13-21(14-12-17)19(24)10-8-16-5-3-2-4-6-16/h2-6,17H,7-14H2,1H3,(H,20,23). The number of aryl methyl sites for hydroxylation is 1. The Morgan fingerprint density at radius 2 is 1.71 bits per heavy atom. The first-order chi connectivity index (χ1) is 11.5. The first-order valence-electron chi connectivity index (χ1n) is 8.65. The van der Waals surface area contributed by atoms with E-state index in [0.717, 1.165) is 19.3 Å². The molecule has 24 heavy (non-hydrogen) atoms. The summed E-state index contributed by atoms with van der Waals surface area (Å²) in [5.74, 6) is 0.142. The van der Waals surface area contributed by atoms with Crippen molar-refractivity contribution in [3.63, 3.8) is 0 Å². The Bertz CT molecular complexity index is 563. The van der Waals surface area contributed by atoms with Crippen LogP contribution in [-0.4, -0.2) is 41.6 Å². The highest BCUT2D eigenvalue weighted by Crippen LogP contribution is 2.13. The third-order valence-electron chi connectivity index (χ3n) is 4.39. The van der Waals surface area contributed by atoms with Crippen molar-refractivity contribution >= 4 is 17.6 Å². The summed E-state index contributed by atoms with van der Waals surface area (Å²) >= 11 is 0. The lowest BCUT2D eigenvalue weighted by Gasteiger charge is -2.32. The van der Waals surface area contributed by atoms with Crippen molar-refractivity contribution in [2.45, 2.75) is 51.5 Å². The van der Waals surface area contributed by atoms with Gasteiger partial charge in [0.05, 0.1) is 0 Å². The largest absolute Gasteiger partial charge is 0.353 e. The molecule has 5 heteroatoms. The summed E-state index contributed by atoms with van der Waals surface area (Å²) in [6.07, 6.45) is 3.40. The van der Waals surface area contributed by atoms with Crippen molar-refractivity contribution in [1.82, 2.24) is 10.2 Å². The Balaban J connectivity index is 1.67. The topological polar surface area (TPSA) is 66.5 Å². The first-order valence-corrected chi connectivity index (χ1v) is 8.65. The van der Waals surface area contributed by atoms with Crippen LogP contribution in [0.5, 0.6) is 0 Å². The van der Waals surface area contributed by atoms with Gasteiger partial charge in [-0.05, 0) is 31.7 Å². The van der Waals surface area contributed by atoms with E-state index in [2.05, 4.69) is 5.32 Å². The van der Waals surface area contributed by atoms with Gasteiger partial charge in [0, 0.05) is 38.4 Å². The summed E-state index contributed by atoms with van der Waals surface area (Å²) in [6, 6.07) is 10.1. The number of hydrogen-bond acceptors (Lipinski definition) is 3. The third-order valence-corrected chi connectivity index (χ3v) is 4.39. The van der Waals surface area contributed by atoms with E-state index in [1.807, 2.05) is 35.2 Å². The van der Waals surface area contributed by atoms with E-state index in [-0.39, 0.29) is 30.1 Å². The monoisotopic (exact) mass is 330 g/mol. The van der Waals surface area contributed by atoms with Crippen LogP contribution in [0.2, 0.25) is 0 Å². The lowest BCUT2D eigenvalue weighted by molar-refractivity contribution is -0.132. The van der Waals surface area contributed by atoms with Crippen LogP contribution >= 0.6 is 0 Å². The van der Waals surface area contributed by atoms with Crippen molar-refractivity contribution in [3.05, 3.63) is 35.9 Å². The molecule has 0 aliphatic carbocycles. The van der Waals surface area contributed by atoms with Crippen LogP contribution in [0.3, 0.4) is 0 Å². The minimum Gasteiger partial charge on any atom is -0.353 e. The summed E-state index contributed by atoms with van der Waals surface area (Å²) in [5, 5.41) is 2.96. The maximum atomic E-state index is 12.3. The molecule has 0 bridgehead atoms. The number of likely N-dealkylation sites (tertiary alicyclic amines) is 1. The fourth-order valence-electron chi connectivity index (χ4n) is 2.92. The second kappa shape index (κ2) is 9.21. The lowest BCUT2D eigenvalue weighted by atomic mass is 10.0. The van der Waals surface area contributed by atoms with Gasteiger partial charge in [-0.2, -0.15) is 0 Å². The number of ketones is 1. The fraction of sp³-hybridized carbons (Fsp3) is 0.526. The number of nitrogens with zero attached hydrogens (tertiary/aromatic N) is 1. The number of carbonyl (C=O) groups excluding carboxylic acids is 3. The molecular weight excluding hydrogens is 304 g/mol. The SMILES string of the molecule is CC(=O)CCC(=O)NC1CCN(C(=O)CCc2ccccc2)CC1. The molecule has 0 saturated carbocycles. The number of piperidine rings is 1. The quantitative estimate of drug-likeness (QED) is 0.832. The van der Waals surface area contributed by atoms with Crippen molar-refractivity contribution in [1.29, 1.82) is 0 Å². The second-order valence-electron chi connectivity index (χ2n) is 6.41. The molecule has 0 aromatic heterocycles. The molecule has 1 saturated heterocycles. The Labute approximate surface area is 143 Å². The van der Waals surface area contributed by atoms with E-state index in [1.54, 1.807) is 0 Å². The molecule has 1 heterocycles. The van der Waals surface area contributed by atoms with Gasteiger partial charge < -0.3 is 15.0 Å². The Morgan fingerprint density at radius 1 is 1.04 bits per heavy atom. The zero-order chi connectivity index (χ0) is 17.4. The van der Waals surface area contributed by atoms with Gasteiger partial charge >= 0.3 is 0 Å². The van der Waals surface area contributed by atoms with Crippen LogP contribution in [0.4, 0.5) is 0 Å². The van der Waals surface area contributed by atoms with E-state index in [9.17, 15) is 14.4 Å². The molecule has 1 aromatic rings. The average Bonchev–Trinajstić information content (AvgIpc) is 2.59. The molecule has 2 rings (SSSR count). The van der Waals surface area contributed by atoms with Crippen LogP contribution < -0.4 is 5.32 Å². The maximum Gasteiger partial charge on any atom is 0.222 e. The van der Waals surface area contributed by atoms with Gasteiger partial charge in [-0.3, -0.25) is 9.59 Å². The molecule has 0 unspecified atom stereocenters. The highest BCUT2D eigenvalue weighted by Gasteiger charge is 2.23. The van der Waals surface area contributed by atoms with Crippen LogP contribution in [0.25, 0.3) is 0 Å². The van der Waals surface area contributed by atoms with Crippen molar-refractivity contribution < 1.29 is 14.4 Å². The fourth-order valence-corrected chi connectivity index (χ4v) is 2.92. The van der Waals surface area contributed by atoms with Crippen LogP contribution in [0.15, 0.2) is 30.3 Å². The van der Waals surface area contributed by atoms with Gasteiger partial charge in [-0.1, -0.05) is 30.3 Å². The van der Waals surface area contributed by atoms with E-state index in [4.69, 9.17) is 0 Å². The molecule has 1 aliphatic heterocycles. The van der Waals surface area contributed by atoms with Crippen LogP contribution in [0.1, 0.15) is 44.6 Å². The van der Waals surface area contributed by atoms with Crippen LogP contribution in [-0.2, 0) is 20.8 Å². The molecule has 1 fully saturated rings. The lowest BCUT2D eigenvalue weighted by Crippen LogP contribution is -2.46. The summed E-state index contributed by atoms with van der Waals surface area (Å²) in [7, 11) is 0. The minimum absolute atomic E-state index is 0.0315. The number of Topliss-reactive ketones (excluding diaryl/α,β-unsaturated/α-hetero) is 1. The molecular formula is C19H26N2O3. The normalized spacial score (nSPS) is 15.1. The summed E-state index contributed by atoms with van der Waals surface area (Å²) in [6.45, 7) is 2.86. The van der Waals surface area contributed by atoms with Gasteiger partial charge in [0.1, 0.15) is 5.78 Å². The maximum absolute atomic E-state index is 12.3. The Kier molecular flexibility index (Phi) is 6.97. The molecule has 130 valence electrons. The Morgan fingerprint density at radius 3 is 2.33 bits per heavy atom. The smallest absolute Gasteiger partial charge is 0.222 e. The molecule has 5 nitrogen and oxygen atoms in total. The highest BCUT2D eigenvalue weighted by atomic mass is 16.2. The molecule has 0 radical (unpaired) electrons. The summed E-state index contributed by atoms with van der Waals surface area (Å²) in [5.41, 5.74) is 1.18. The molecule has 2 amide bonds. The minimum atomic E-state index is -0.0703. The molecule has 0 atom stereocenters. The number of rotatable bonds is 7. The number of benzene rings is 1. The first kappa shape index (κ1) is 18.2. The van der Waals surface area contributed by atoms with Gasteiger partial charge in [0.15, 0.2) is 0 Å². The van der Waals surface area contributed by atoms with Gasteiger partial charge in [-0.25, -0.2) is 0 Å². The number of amides is 2. The van der Waals surface area contributed by atoms with Crippen molar-refractivity contribution in [2.24, 2.45) is 0 Å². The molecule has 0 spiro atoms. The van der Waals surface area contributed by atoms with E-state index in [0.29, 0.717) is 25.9 Å². The average molecular weight is 330 g/mol. The summed E-state index contributed by atoms with van der Waals surface area (Å²) < 4.78 is 0. The van der Waals surface area contributed by atoms with Gasteiger partial charge in [0.2, 0.25) is 11.8 Å². The highest BCUT2D eigenvalue weighted by molar-refractivity contribution is 5.83. The number of carbonyl (C=O) groups is 3. The van der Waals surface area contributed by atoms with Crippen LogP contribution in [0, 0.1) is 0 Å². The van der Waals surface area contributed by atoms with E-state index < -0.39 is 0 Å². The number of nitrogens with one attached hydrogen (secondary N) is 1. The zero-order valence-electron chi connectivity index (χ0n) is 14.3. The van der Waals surface area contributed by atoms with E-state index >= 15 is 0 Å². The molecule has 1 aliphatic rings. The van der Waals surface area contributed by atoms with E-state index in [1.165, 1.54) is 12.5 Å². The predicted molar refractivity (Wildman–Crippen MR) is 92.4 cm³/mol. The predicted octanol–water partition coefficient (Wildman–Crippen LogP) is 2.10. The summed E-state index contributed by atoms with van der Waals surface area (Å²) in [4.78, 5) is 36.8. The molecule has 1 N–H and O–H groups in total. The van der Waals surface area contributed by atoms with Gasteiger partial charge in [0.25, 0.3) is 0 Å². The third kappa shape index (κ3) is 6.14. The van der Waals surface area contributed by atoms with Gasteiger partial charge in [-0.15, -0.1) is 0 Å².